The second-order valence-electron chi connectivity index (χ2n) is 3.08. The van der Waals surface area contributed by atoms with Gasteiger partial charge in [-0.3, -0.25) is 4.79 Å². The molecule has 0 fully saturated rings. The highest BCUT2D eigenvalue weighted by Crippen LogP contribution is 2.37. The molecule has 0 aliphatic carbocycles. The van der Waals surface area contributed by atoms with E-state index in [2.05, 4.69) is 20.7 Å². The summed E-state index contributed by atoms with van der Waals surface area (Å²) in [6.45, 7) is 1.36. The first-order chi connectivity index (χ1) is 8.20. The predicted octanol–water partition coefficient (Wildman–Crippen LogP) is 2.04. The highest BCUT2D eigenvalue weighted by Gasteiger charge is 2.37. The molecule has 2 N–H and O–H groups in total. The number of carbonyl (C=O) groups is 1. The molecule has 0 saturated carbocycles. The van der Waals surface area contributed by atoms with Gasteiger partial charge >= 0.3 is 12.1 Å². The second-order valence-corrected chi connectivity index (χ2v) is 3.88. The Hall–Kier alpha value is -1.51. The van der Waals surface area contributed by atoms with E-state index in [-0.39, 0.29) is 6.61 Å². The van der Waals surface area contributed by atoms with Crippen LogP contribution in [0.4, 0.5) is 13.2 Å². The van der Waals surface area contributed by atoms with Gasteiger partial charge in [0.15, 0.2) is 11.3 Å². The first kappa shape index (κ1) is 14.6. The smallest absolute Gasteiger partial charge is 0.432 e. The lowest BCUT2D eigenvalue weighted by Gasteiger charge is -2.11. The van der Waals surface area contributed by atoms with Gasteiger partial charge in [0.2, 0.25) is 0 Å². The Morgan fingerprint density at radius 2 is 2.06 bits per heavy atom. The Bertz CT molecular complexity index is 538. The zero-order chi connectivity index (χ0) is 14.1. The molecule has 0 atom stereocenters. The van der Waals surface area contributed by atoms with Crippen LogP contribution in [0.1, 0.15) is 23.0 Å². The standard InChI is InChI=1S/C9H7BrF3NO4/c1-2-18-8(17)3-5(15)4(10)6(9(11,12)13)14-7(3)16/h2H2,1H3,(H2,14,15,16). The average Bonchev–Trinajstić information content (AvgIpc) is 2.22. The highest BCUT2D eigenvalue weighted by atomic mass is 79.9. The van der Waals surface area contributed by atoms with Crippen molar-refractivity contribution in [2.75, 3.05) is 6.61 Å². The molecule has 0 saturated heterocycles. The third-order valence-corrected chi connectivity index (χ3v) is 2.66. The summed E-state index contributed by atoms with van der Waals surface area (Å²) in [6, 6.07) is 0. The van der Waals surface area contributed by atoms with Crippen LogP contribution < -0.4 is 5.56 Å². The van der Waals surface area contributed by atoms with Gasteiger partial charge < -0.3 is 14.8 Å². The number of carbonyl (C=O) groups excluding carboxylic acids is 1. The lowest BCUT2D eigenvalue weighted by Crippen LogP contribution is -2.24. The van der Waals surface area contributed by atoms with Crippen LogP contribution >= 0.6 is 15.9 Å². The number of halogens is 4. The lowest BCUT2D eigenvalue weighted by atomic mass is 10.2. The van der Waals surface area contributed by atoms with Gasteiger partial charge in [-0.1, -0.05) is 0 Å². The van der Waals surface area contributed by atoms with Crippen molar-refractivity contribution in [2.45, 2.75) is 13.1 Å². The Kier molecular flexibility index (Phi) is 4.05. The Morgan fingerprint density at radius 3 is 2.50 bits per heavy atom. The maximum absolute atomic E-state index is 12.5. The molecular weight excluding hydrogens is 323 g/mol. The third-order valence-electron chi connectivity index (χ3n) is 1.89. The molecule has 1 aromatic rings. The van der Waals surface area contributed by atoms with Crippen molar-refractivity contribution in [2.24, 2.45) is 0 Å². The molecule has 18 heavy (non-hydrogen) atoms. The Morgan fingerprint density at radius 1 is 1.50 bits per heavy atom. The SMILES string of the molecule is CCOC(=O)c1c(O)c(Br)c(C(F)(F)F)[nH]c1=O. The first-order valence-corrected chi connectivity index (χ1v) is 5.38. The van der Waals surface area contributed by atoms with Crippen molar-refractivity contribution in [3.8, 4) is 5.75 Å². The normalized spacial score (nSPS) is 11.4. The van der Waals surface area contributed by atoms with Crippen LogP contribution in [-0.2, 0) is 10.9 Å². The van der Waals surface area contributed by atoms with Crippen molar-refractivity contribution in [1.82, 2.24) is 4.98 Å². The van der Waals surface area contributed by atoms with E-state index in [1.165, 1.54) is 11.9 Å². The molecule has 0 unspecified atom stereocenters. The summed E-state index contributed by atoms with van der Waals surface area (Å²) in [7, 11) is 0. The first-order valence-electron chi connectivity index (χ1n) is 4.59. The molecule has 100 valence electrons. The van der Waals surface area contributed by atoms with E-state index >= 15 is 0 Å². The van der Waals surface area contributed by atoms with E-state index in [1.807, 2.05) is 0 Å². The summed E-state index contributed by atoms with van der Waals surface area (Å²) >= 11 is 2.47. The topological polar surface area (TPSA) is 79.4 Å². The Labute approximate surface area is 107 Å². The van der Waals surface area contributed by atoms with E-state index in [9.17, 15) is 27.9 Å². The van der Waals surface area contributed by atoms with Gasteiger partial charge in [0, 0.05) is 0 Å². The molecule has 9 heteroatoms. The fourth-order valence-corrected chi connectivity index (χ4v) is 1.68. The number of aromatic amines is 1. The summed E-state index contributed by atoms with van der Waals surface area (Å²) in [5.41, 5.74) is -3.73. The highest BCUT2D eigenvalue weighted by molar-refractivity contribution is 9.10. The van der Waals surface area contributed by atoms with Gasteiger partial charge in [0.25, 0.3) is 5.56 Å². The minimum Gasteiger partial charge on any atom is -0.506 e. The molecule has 0 amide bonds. The van der Waals surface area contributed by atoms with Crippen LogP contribution in [0.5, 0.6) is 5.75 Å². The molecule has 0 spiro atoms. The fraction of sp³-hybridized carbons (Fsp3) is 0.333. The van der Waals surface area contributed by atoms with E-state index in [1.54, 1.807) is 0 Å². The molecule has 1 rings (SSSR count). The maximum atomic E-state index is 12.5. The minimum atomic E-state index is -4.87. The summed E-state index contributed by atoms with van der Waals surface area (Å²) in [5, 5.41) is 9.45. The zero-order valence-electron chi connectivity index (χ0n) is 8.89. The third kappa shape index (κ3) is 2.66. The van der Waals surface area contributed by atoms with Crippen molar-refractivity contribution in [3.05, 3.63) is 26.1 Å². The predicted molar refractivity (Wildman–Crippen MR) is 57.4 cm³/mol. The van der Waals surface area contributed by atoms with Gasteiger partial charge in [-0.2, -0.15) is 13.2 Å². The van der Waals surface area contributed by atoms with Gasteiger partial charge in [0.1, 0.15) is 5.69 Å². The summed E-state index contributed by atoms with van der Waals surface area (Å²) < 4.78 is 41.0. The number of alkyl halides is 3. The molecule has 0 aliphatic rings. The molecule has 0 aliphatic heterocycles. The minimum absolute atomic E-state index is 0.0869. The van der Waals surface area contributed by atoms with Gasteiger partial charge in [0.05, 0.1) is 11.1 Å². The van der Waals surface area contributed by atoms with Crippen LogP contribution in [0.15, 0.2) is 9.27 Å². The van der Waals surface area contributed by atoms with Crippen molar-refractivity contribution >= 4 is 21.9 Å². The number of hydrogen-bond donors (Lipinski definition) is 2. The van der Waals surface area contributed by atoms with E-state index < -0.39 is 39.2 Å². The number of rotatable bonds is 2. The monoisotopic (exact) mass is 329 g/mol. The van der Waals surface area contributed by atoms with E-state index in [0.717, 1.165) is 0 Å². The summed E-state index contributed by atoms with van der Waals surface area (Å²) in [6.07, 6.45) is -4.87. The number of nitrogens with one attached hydrogen (secondary N) is 1. The van der Waals surface area contributed by atoms with Gasteiger partial charge in [-0.25, -0.2) is 4.79 Å². The van der Waals surface area contributed by atoms with Crippen LogP contribution in [0.2, 0.25) is 0 Å². The van der Waals surface area contributed by atoms with Crippen molar-refractivity contribution in [1.29, 1.82) is 0 Å². The molecule has 0 bridgehead atoms. The number of aromatic hydroxyl groups is 1. The number of ether oxygens (including phenoxy) is 1. The molecule has 0 radical (unpaired) electrons. The van der Waals surface area contributed by atoms with Crippen molar-refractivity contribution in [3.63, 3.8) is 0 Å². The number of esters is 1. The maximum Gasteiger partial charge on any atom is 0.432 e. The number of pyridine rings is 1. The summed E-state index contributed by atoms with van der Waals surface area (Å²) in [5.74, 6) is -2.31. The second kappa shape index (κ2) is 5.01. The average molecular weight is 330 g/mol. The van der Waals surface area contributed by atoms with Gasteiger partial charge in [-0.05, 0) is 22.9 Å². The molecular formula is C9H7BrF3NO4. The fourth-order valence-electron chi connectivity index (χ4n) is 1.15. The zero-order valence-corrected chi connectivity index (χ0v) is 10.5. The molecule has 5 nitrogen and oxygen atoms in total. The van der Waals surface area contributed by atoms with Crippen LogP contribution in [0.3, 0.4) is 0 Å². The van der Waals surface area contributed by atoms with Crippen LogP contribution in [0, 0.1) is 0 Å². The number of H-pyrrole nitrogens is 1. The van der Waals surface area contributed by atoms with Gasteiger partial charge in [-0.15, -0.1) is 0 Å². The quantitative estimate of drug-likeness (QED) is 0.814. The largest absolute Gasteiger partial charge is 0.506 e. The Balaban J connectivity index is 3.49. The lowest BCUT2D eigenvalue weighted by molar-refractivity contribution is -0.142. The molecule has 1 aromatic heterocycles. The van der Waals surface area contributed by atoms with Crippen LogP contribution in [0.25, 0.3) is 0 Å². The number of hydrogen-bond acceptors (Lipinski definition) is 4. The van der Waals surface area contributed by atoms with Crippen LogP contribution in [-0.4, -0.2) is 22.7 Å². The van der Waals surface area contributed by atoms with E-state index in [4.69, 9.17) is 0 Å². The summed E-state index contributed by atoms with van der Waals surface area (Å²) in [4.78, 5) is 24.1. The van der Waals surface area contributed by atoms with E-state index in [0.29, 0.717) is 0 Å². The number of aromatic nitrogens is 1. The molecule has 1 heterocycles. The van der Waals surface area contributed by atoms with Crippen molar-refractivity contribution < 1.29 is 27.8 Å². The molecule has 0 aromatic carbocycles.